The van der Waals surface area contributed by atoms with E-state index in [9.17, 15) is 61.0 Å². The Bertz CT molecular complexity index is 2360. The van der Waals surface area contributed by atoms with Crippen LogP contribution in [0.1, 0.15) is 431 Å². The Morgan fingerprint density at radius 3 is 0.915 bits per heavy atom. The molecule has 0 bridgehead atoms. The minimum Gasteiger partial charge on any atom is -0.394 e. The maximum atomic E-state index is 13.6. The van der Waals surface area contributed by atoms with Gasteiger partial charge in [-0.2, -0.15) is 0 Å². The lowest BCUT2D eigenvalue weighted by Crippen LogP contribution is -2.66. The van der Waals surface area contributed by atoms with Crippen molar-refractivity contribution in [1.29, 1.82) is 0 Å². The van der Waals surface area contributed by atoms with Crippen LogP contribution in [0, 0.1) is 0 Å². The average molecular weight is 1680 g/mol. The van der Waals surface area contributed by atoms with Gasteiger partial charge in [0.2, 0.25) is 5.91 Å². The summed E-state index contributed by atoms with van der Waals surface area (Å²) in [5, 5.41) is 121. The summed E-state index contributed by atoms with van der Waals surface area (Å²) < 4.78 is 34.6. The first-order valence-corrected chi connectivity index (χ1v) is 49.5. The van der Waals surface area contributed by atoms with E-state index in [1.807, 2.05) is 6.08 Å². The number of rotatable bonds is 82. The molecule has 17 atom stereocenters. The molecule has 118 heavy (non-hydrogen) atoms. The number of ether oxygens (including phenoxy) is 6. The van der Waals surface area contributed by atoms with Crippen LogP contribution >= 0.6 is 0 Å². The zero-order valence-corrected chi connectivity index (χ0v) is 75.2. The smallest absolute Gasteiger partial charge is 0.220 e. The molecule has 3 aliphatic rings. The molecule has 17 unspecified atom stereocenters. The molecule has 0 aliphatic carbocycles. The molecule has 3 aliphatic heterocycles. The fourth-order valence-electron chi connectivity index (χ4n) is 16.8. The Morgan fingerprint density at radius 1 is 0.314 bits per heavy atom. The highest BCUT2D eigenvalue weighted by molar-refractivity contribution is 5.76. The summed E-state index contributed by atoms with van der Waals surface area (Å²) in [6.45, 7) is 1.70. The molecule has 3 saturated heterocycles. The number of hydrogen-bond acceptors (Lipinski definition) is 18. The SMILES string of the molecule is CC/C=C\C/C=C\C/C=C\C/C=C\CCCCCCCCCCCCCCCCCCCCCCCCCCCCCCC(=O)NC(COC1OC(CO)C(OC2OC(CO)C(OC3OC(CO)C(O)C(O)C3O)C(O)C2O)C(O)C1O)C(O)/C=C/CCCCCCCCCCCCCCCCCCCCCCCCCCCCCCCC. The van der Waals surface area contributed by atoms with E-state index in [-0.39, 0.29) is 18.9 Å². The maximum absolute atomic E-state index is 13.6. The van der Waals surface area contributed by atoms with E-state index < -0.39 is 124 Å². The number of unbranched alkanes of at least 4 members (excludes halogenated alkanes) is 58. The number of amides is 1. The van der Waals surface area contributed by atoms with Crippen LogP contribution in [-0.2, 0) is 33.2 Å². The van der Waals surface area contributed by atoms with E-state index in [0.29, 0.717) is 6.42 Å². The molecule has 1 amide bonds. The van der Waals surface area contributed by atoms with Gasteiger partial charge in [-0.05, 0) is 57.8 Å². The fraction of sp³-hybridized carbons (Fsp3) is 0.889. The molecular weight excluding hydrogens is 1490 g/mol. The Balaban J connectivity index is 1.28. The van der Waals surface area contributed by atoms with Crippen LogP contribution in [0.15, 0.2) is 60.8 Å². The molecule has 3 rings (SSSR count). The second-order valence-electron chi connectivity index (χ2n) is 35.2. The van der Waals surface area contributed by atoms with Crippen LogP contribution in [0.2, 0.25) is 0 Å². The van der Waals surface area contributed by atoms with Crippen LogP contribution in [0.25, 0.3) is 0 Å². The highest BCUT2D eigenvalue weighted by atomic mass is 16.8. The lowest BCUT2D eigenvalue weighted by atomic mass is 9.96. The first-order valence-electron chi connectivity index (χ1n) is 49.5. The summed E-state index contributed by atoms with van der Waals surface area (Å²) in [6.07, 6.45) is 78.3. The van der Waals surface area contributed by atoms with Gasteiger partial charge in [-0.15, -0.1) is 0 Å². The topological polar surface area (TPSA) is 307 Å². The summed E-state index contributed by atoms with van der Waals surface area (Å²) in [7, 11) is 0. The highest BCUT2D eigenvalue weighted by Gasteiger charge is 2.54. The number of allylic oxidation sites excluding steroid dienone is 9. The monoisotopic (exact) mass is 1670 g/mol. The largest absolute Gasteiger partial charge is 0.394 e. The Kier molecular flexibility index (Phi) is 72.5. The van der Waals surface area contributed by atoms with E-state index in [4.69, 9.17) is 28.4 Å². The summed E-state index contributed by atoms with van der Waals surface area (Å²) >= 11 is 0. The second-order valence-corrected chi connectivity index (χ2v) is 35.2. The molecule has 0 aromatic heterocycles. The summed E-state index contributed by atoms with van der Waals surface area (Å²) in [5.74, 6) is -0.266. The lowest BCUT2D eigenvalue weighted by molar-refractivity contribution is -0.379. The second kappa shape index (κ2) is 78.0. The van der Waals surface area contributed by atoms with Gasteiger partial charge >= 0.3 is 0 Å². The number of carbonyl (C=O) groups is 1. The predicted molar refractivity (Wildman–Crippen MR) is 480 cm³/mol. The standard InChI is InChI=1S/C99H183NO18/c1-3-5-7-9-11-13-15-17-19-21-23-25-27-29-31-33-35-37-38-39-40-41-42-43-44-45-47-49-51-53-55-57-59-61-63-65-67-69-71-73-75-77-87(105)100-82(83(104)76-74-72-70-68-66-64-62-60-58-56-54-52-50-48-46-36-34-32-30-28-26-24-22-20-18-16-14-12-10-8-6-4-2)81-113-97-93(111)90(108)95(85(79-102)115-97)118-99-94(112)91(109)96(86(80-103)116-99)117-98-92(110)89(107)88(106)84(78-101)114-98/h5,7,11,13,17,19,23,25,74,76,82-86,88-99,101-104,106-112H,3-4,6,8-10,12,14-16,18,20-22,24,26-73,75,77-81H2,1-2H3,(H,100,105)/b7-5-,13-11-,19-17-,25-23-,76-74+. The lowest BCUT2D eigenvalue weighted by Gasteiger charge is -2.48. The molecule has 0 radical (unpaired) electrons. The van der Waals surface area contributed by atoms with Gasteiger partial charge < -0.3 is 89.9 Å². The molecule has 3 heterocycles. The molecule has 0 aromatic rings. The van der Waals surface area contributed by atoms with Crippen molar-refractivity contribution in [1.82, 2.24) is 5.32 Å². The van der Waals surface area contributed by atoms with Gasteiger partial charge in [-0.25, -0.2) is 0 Å². The average Bonchev–Trinajstić information content (AvgIpc) is 0.777. The van der Waals surface area contributed by atoms with E-state index in [1.54, 1.807) is 6.08 Å². The molecule has 0 saturated carbocycles. The van der Waals surface area contributed by atoms with Gasteiger partial charge in [-0.3, -0.25) is 4.79 Å². The van der Waals surface area contributed by atoms with Crippen molar-refractivity contribution < 1.29 is 89.4 Å². The normalized spacial score (nSPS) is 24.5. The van der Waals surface area contributed by atoms with Crippen LogP contribution in [0.5, 0.6) is 0 Å². The molecule has 19 nitrogen and oxygen atoms in total. The maximum Gasteiger partial charge on any atom is 0.220 e. The zero-order valence-electron chi connectivity index (χ0n) is 75.2. The molecule has 19 heteroatoms. The van der Waals surface area contributed by atoms with E-state index in [2.05, 4.69) is 67.8 Å². The van der Waals surface area contributed by atoms with Crippen LogP contribution in [0.4, 0.5) is 0 Å². The Morgan fingerprint density at radius 2 is 0.585 bits per heavy atom. The Labute approximate surface area is 719 Å². The minimum absolute atomic E-state index is 0.248. The van der Waals surface area contributed by atoms with E-state index >= 15 is 0 Å². The van der Waals surface area contributed by atoms with E-state index in [0.717, 1.165) is 70.6 Å². The number of carbonyl (C=O) groups excluding carboxylic acids is 1. The third-order valence-electron chi connectivity index (χ3n) is 24.6. The van der Waals surface area contributed by atoms with Gasteiger partial charge in [-0.1, -0.05) is 428 Å². The van der Waals surface area contributed by atoms with Gasteiger partial charge in [0, 0.05) is 6.42 Å². The summed E-state index contributed by atoms with van der Waals surface area (Å²) in [5.41, 5.74) is 0. The van der Waals surface area contributed by atoms with Gasteiger partial charge in [0.25, 0.3) is 0 Å². The zero-order chi connectivity index (χ0) is 85.2. The third-order valence-corrected chi connectivity index (χ3v) is 24.6. The van der Waals surface area contributed by atoms with Gasteiger partial charge in [0.05, 0.1) is 38.6 Å². The molecule has 3 fully saturated rings. The van der Waals surface area contributed by atoms with E-state index in [1.165, 1.54) is 334 Å². The van der Waals surface area contributed by atoms with Crippen molar-refractivity contribution in [2.45, 2.75) is 535 Å². The van der Waals surface area contributed by atoms with Crippen molar-refractivity contribution in [3.63, 3.8) is 0 Å². The quantitative estimate of drug-likeness (QED) is 0.0199. The van der Waals surface area contributed by atoms with Crippen molar-refractivity contribution in [3.05, 3.63) is 60.8 Å². The molecule has 0 aromatic carbocycles. The molecule has 692 valence electrons. The van der Waals surface area contributed by atoms with Crippen molar-refractivity contribution in [3.8, 4) is 0 Å². The van der Waals surface area contributed by atoms with Crippen LogP contribution in [0.3, 0.4) is 0 Å². The first kappa shape index (κ1) is 110. The third kappa shape index (κ3) is 55.1. The number of nitrogens with one attached hydrogen (secondary N) is 1. The number of hydrogen-bond donors (Lipinski definition) is 12. The number of aliphatic hydroxyl groups excluding tert-OH is 11. The predicted octanol–water partition coefficient (Wildman–Crippen LogP) is 20.5. The minimum atomic E-state index is -1.98. The van der Waals surface area contributed by atoms with Crippen LogP contribution < -0.4 is 5.32 Å². The highest BCUT2D eigenvalue weighted by Crippen LogP contribution is 2.34. The molecule has 0 spiro atoms. The summed E-state index contributed by atoms with van der Waals surface area (Å²) in [4.78, 5) is 13.6. The van der Waals surface area contributed by atoms with Crippen molar-refractivity contribution >= 4 is 5.91 Å². The first-order chi connectivity index (χ1) is 57.8. The van der Waals surface area contributed by atoms with Gasteiger partial charge in [0.1, 0.15) is 73.2 Å². The van der Waals surface area contributed by atoms with Crippen molar-refractivity contribution in [2.75, 3.05) is 26.4 Å². The van der Waals surface area contributed by atoms with Crippen molar-refractivity contribution in [2.24, 2.45) is 0 Å². The van der Waals surface area contributed by atoms with Crippen LogP contribution in [-0.4, -0.2) is 193 Å². The molecular formula is C99H183NO18. The van der Waals surface area contributed by atoms with Gasteiger partial charge in [0.15, 0.2) is 18.9 Å². The Hall–Kier alpha value is -2.51. The fourth-order valence-corrected chi connectivity index (χ4v) is 16.8. The summed E-state index contributed by atoms with van der Waals surface area (Å²) in [6, 6.07) is -0.975. The number of aliphatic hydroxyl groups is 11. The molecule has 12 N–H and O–H groups in total.